The molecule has 3 aromatic rings. The minimum Gasteiger partial charge on any atom is -0.462 e. The molecule has 0 atom stereocenters. The number of imide groups is 1. The molecule has 174 valence electrons. The van der Waals surface area contributed by atoms with Crippen molar-refractivity contribution in [2.75, 3.05) is 6.61 Å². The Hall–Kier alpha value is -4.20. The maximum absolute atomic E-state index is 13.1. The number of nitrogens with zero attached hydrogens (tertiary/aromatic N) is 2. The summed E-state index contributed by atoms with van der Waals surface area (Å²) in [6, 6.07) is 14.1. The van der Waals surface area contributed by atoms with Gasteiger partial charge in [-0.05, 0) is 80.4 Å². The summed E-state index contributed by atoms with van der Waals surface area (Å²) in [5.41, 5.74) is 4.71. The van der Waals surface area contributed by atoms with Crippen molar-refractivity contribution in [1.29, 1.82) is 0 Å². The lowest BCUT2D eigenvalue weighted by Gasteiger charge is -2.11. The number of rotatable bonds is 6. The standard InChI is InChI=1S/C26H24FN3O4/c1-4-34-25(32)19-7-11-22(12-8-19)30-16(2)13-20(17(30)3)14-23-24(31)29(26(33)28-23)15-18-5-9-21(27)10-6-18/h5-14H,4,15H2,1-3H3,(H,28,33)/b23-14-. The highest BCUT2D eigenvalue weighted by Gasteiger charge is 2.33. The highest BCUT2D eigenvalue weighted by Crippen LogP contribution is 2.25. The Balaban J connectivity index is 1.57. The second-order valence-electron chi connectivity index (χ2n) is 7.94. The molecule has 1 N–H and O–H groups in total. The summed E-state index contributed by atoms with van der Waals surface area (Å²) in [4.78, 5) is 38.3. The summed E-state index contributed by atoms with van der Waals surface area (Å²) in [5, 5.41) is 2.63. The minimum atomic E-state index is -0.524. The average Bonchev–Trinajstić information content (AvgIpc) is 3.24. The molecule has 1 fully saturated rings. The monoisotopic (exact) mass is 461 g/mol. The number of hydrogen-bond donors (Lipinski definition) is 1. The maximum Gasteiger partial charge on any atom is 0.338 e. The molecule has 34 heavy (non-hydrogen) atoms. The number of hydrogen-bond acceptors (Lipinski definition) is 4. The smallest absolute Gasteiger partial charge is 0.338 e. The van der Waals surface area contributed by atoms with Crippen molar-refractivity contribution in [3.8, 4) is 5.69 Å². The van der Waals surface area contributed by atoms with Gasteiger partial charge >= 0.3 is 12.0 Å². The van der Waals surface area contributed by atoms with Gasteiger partial charge in [0.2, 0.25) is 0 Å². The van der Waals surface area contributed by atoms with E-state index >= 15 is 0 Å². The van der Waals surface area contributed by atoms with Gasteiger partial charge < -0.3 is 14.6 Å². The van der Waals surface area contributed by atoms with Crippen LogP contribution in [-0.2, 0) is 16.1 Å². The fourth-order valence-electron chi connectivity index (χ4n) is 3.94. The van der Waals surface area contributed by atoms with E-state index in [2.05, 4.69) is 5.32 Å². The molecule has 1 aliphatic rings. The first-order valence-corrected chi connectivity index (χ1v) is 10.8. The van der Waals surface area contributed by atoms with Crippen LogP contribution in [0.15, 0.2) is 60.3 Å². The molecule has 1 aromatic heterocycles. The van der Waals surface area contributed by atoms with Crippen LogP contribution in [0.4, 0.5) is 9.18 Å². The SMILES string of the molecule is CCOC(=O)c1ccc(-n2c(C)cc(/C=C3\NC(=O)N(Cc4ccc(F)cc4)C3=O)c2C)cc1. The molecule has 7 nitrogen and oxygen atoms in total. The topological polar surface area (TPSA) is 80.6 Å². The highest BCUT2D eigenvalue weighted by atomic mass is 19.1. The second-order valence-corrected chi connectivity index (χ2v) is 7.94. The van der Waals surface area contributed by atoms with Crippen LogP contribution in [0, 0.1) is 19.7 Å². The first-order chi connectivity index (χ1) is 16.3. The predicted octanol–water partition coefficient (Wildman–Crippen LogP) is 4.50. The summed E-state index contributed by atoms with van der Waals surface area (Å²) in [6.07, 6.45) is 1.65. The van der Waals surface area contributed by atoms with Gasteiger partial charge in [0.25, 0.3) is 5.91 Å². The summed E-state index contributed by atoms with van der Waals surface area (Å²) < 4.78 is 20.2. The Morgan fingerprint density at radius 1 is 1.06 bits per heavy atom. The van der Waals surface area contributed by atoms with Crippen molar-refractivity contribution in [1.82, 2.24) is 14.8 Å². The number of aryl methyl sites for hydroxylation is 1. The number of carbonyl (C=O) groups excluding carboxylic acids is 3. The van der Waals surface area contributed by atoms with Crippen LogP contribution in [-0.4, -0.2) is 34.0 Å². The van der Waals surface area contributed by atoms with Gasteiger partial charge in [0.15, 0.2) is 0 Å². The van der Waals surface area contributed by atoms with E-state index in [-0.39, 0.29) is 24.0 Å². The molecular formula is C26H24FN3O4. The number of amides is 3. The quantitative estimate of drug-likeness (QED) is 0.333. The number of carbonyl (C=O) groups is 3. The van der Waals surface area contributed by atoms with Crippen molar-refractivity contribution in [2.45, 2.75) is 27.3 Å². The molecule has 0 saturated carbocycles. The third-order valence-electron chi connectivity index (χ3n) is 5.62. The number of esters is 1. The molecular weight excluding hydrogens is 437 g/mol. The van der Waals surface area contributed by atoms with Crippen LogP contribution < -0.4 is 5.32 Å². The third-order valence-corrected chi connectivity index (χ3v) is 5.62. The van der Waals surface area contributed by atoms with E-state index in [0.717, 1.165) is 27.5 Å². The fraction of sp³-hybridized carbons (Fsp3) is 0.192. The maximum atomic E-state index is 13.1. The molecule has 3 amide bonds. The van der Waals surface area contributed by atoms with E-state index in [1.165, 1.54) is 12.1 Å². The summed E-state index contributed by atoms with van der Waals surface area (Å²) in [7, 11) is 0. The van der Waals surface area contributed by atoms with Gasteiger partial charge in [-0.15, -0.1) is 0 Å². The van der Waals surface area contributed by atoms with E-state index in [0.29, 0.717) is 17.7 Å². The minimum absolute atomic E-state index is 0.0497. The van der Waals surface area contributed by atoms with Crippen molar-refractivity contribution >= 4 is 24.0 Å². The molecule has 2 aromatic carbocycles. The zero-order chi connectivity index (χ0) is 24.4. The first kappa shape index (κ1) is 23.0. The van der Waals surface area contributed by atoms with Gasteiger partial charge in [-0.25, -0.2) is 14.0 Å². The number of halogens is 1. The van der Waals surface area contributed by atoms with Crippen LogP contribution in [0.3, 0.4) is 0 Å². The third kappa shape index (κ3) is 4.47. The molecule has 2 heterocycles. The molecule has 0 bridgehead atoms. The van der Waals surface area contributed by atoms with Crippen molar-refractivity contribution in [3.05, 3.63) is 94.2 Å². The van der Waals surface area contributed by atoms with E-state index in [1.807, 2.05) is 36.6 Å². The Bertz CT molecular complexity index is 1290. The van der Waals surface area contributed by atoms with Gasteiger partial charge in [0.1, 0.15) is 11.5 Å². The number of benzene rings is 2. The Morgan fingerprint density at radius 2 is 1.74 bits per heavy atom. The lowest BCUT2D eigenvalue weighted by molar-refractivity contribution is -0.123. The molecule has 8 heteroatoms. The summed E-state index contributed by atoms with van der Waals surface area (Å²) in [5.74, 6) is -1.20. The number of aromatic nitrogens is 1. The zero-order valence-corrected chi connectivity index (χ0v) is 19.1. The Morgan fingerprint density at radius 3 is 2.38 bits per heavy atom. The number of nitrogens with one attached hydrogen (secondary N) is 1. The largest absolute Gasteiger partial charge is 0.462 e. The van der Waals surface area contributed by atoms with Crippen molar-refractivity contribution in [2.24, 2.45) is 0 Å². The van der Waals surface area contributed by atoms with E-state index in [4.69, 9.17) is 4.74 Å². The lowest BCUT2D eigenvalue weighted by atomic mass is 10.2. The van der Waals surface area contributed by atoms with Crippen LogP contribution in [0.1, 0.15) is 39.8 Å². The van der Waals surface area contributed by atoms with Crippen LogP contribution in [0.5, 0.6) is 0 Å². The van der Waals surface area contributed by atoms with Gasteiger partial charge in [-0.1, -0.05) is 12.1 Å². The molecule has 4 rings (SSSR count). The molecule has 0 unspecified atom stereocenters. The fourth-order valence-corrected chi connectivity index (χ4v) is 3.94. The van der Waals surface area contributed by atoms with Crippen LogP contribution in [0.25, 0.3) is 11.8 Å². The summed E-state index contributed by atoms with van der Waals surface area (Å²) in [6.45, 7) is 5.97. The van der Waals surface area contributed by atoms with E-state index < -0.39 is 11.9 Å². The van der Waals surface area contributed by atoms with Crippen LogP contribution >= 0.6 is 0 Å². The van der Waals surface area contributed by atoms with E-state index in [1.54, 1.807) is 37.3 Å². The molecule has 0 spiro atoms. The zero-order valence-electron chi connectivity index (χ0n) is 19.1. The highest BCUT2D eigenvalue weighted by molar-refractivity contribution is 6.14. The predicted molar refractivity (Wildman–Crippen MR) is 125 cm³/mol. The van der Waals surface area contributed by atoms with Gasteiger partial charge in [-0.3, -0.25) is 9.69 Å². The summed E-state index contributed by atoms with van der Waals surface area (Å²) >= 11 is 0. The van der Waals surface area contributed by atoms with Gasteiger partial charge in [-0.2, -0.15) is 0 Å². The van der Waals surface area contributed by atoms with E-state index in [9.17, 15) is 18.8 Å². The molecule has 0 aliphatic carbocycles. The van der Waals surface area contributed by atoms with Crippen molar-refractivity contribution < 1.29 is 23.5 Å². The van der Waals surface area contributed by atoms with Gasteiger partial charge in [0.05, 0.1) is 18.7 Å². The first-order valence-electron chi connectivity index (χ1n) is 10.8. The number of urea groups is 1. The Labute approximate surface area is 196 Å². The normalized spacial score (nSPS) is 14.6. The average molecular weight is 461 g/mol. The Kier molecular flexibility index (Phi) is 6.32. The van der Waals surface area contributed by atoms with Crippen molar-refractivity contribution in [3.63, 3.8) is 0 Å². The lowest BCUT2D eigenvalue weighted by Crippen LogP contribution is -2.30. The number of ether oxygens (including phenoxy) is 1. The molecule has 0 radical (unpaired) electrons. The second kappa shape index (κ2) is 9.35. The van der Waals surface area contributed by atoms with Gasteiger partial charge in [0, 0.05) is 17.1 Å². The molecule has 1 saturated heterocycles. The van der Waals surface area contributed by atoms with Crippen LogP contribution in [0.2, 0.25) is 0 Å². The molecule has 1 aliphatic heterocycles.